The second kappa shape index (κ2) is 6.09. The van der Waals surface area contributed by atoms with Gasteiger partial charge in [-0.3, -0.25) is 0 Å². The van der Waals surface area contributed by atoms with Crippen molar-refractivity contribution in [3.63, 3.8) is 0 Å². The van der Waals surface area contributed by atoms with E-state index in [0.29, 0.717) is 5.75 Å². The lowest BCUT2D eigenvalue weighted by atomic mass is 10.2. The summed E-state index contributed by atoms with van der Waals surface area (Å²) in [4.78, 5) is 10.5. The molecular formula is C11H13O5-. The lowest BCUT2D eigenvalue weighted by Gasteiger charge is -2.11. The average Bonchev–Trinajstić information content (AvgIpc) is 2.27. The van der Waals surface area contributed by atoms with Crippen molar-refractivity contribution in [1.82, 2.24) is 0 Å². The van der Waals surface area contributed by atoms with Crippen LogP contribution in [0.4, 0.5) is 0 Å². The average molecular weight is 225 g/mol. The first-order valence-corrected chi connectivity index (χ1v) is 4.74. The Bertz CT molecular complexity index is 333. The molecule has 0 aliphatic carbocycles. The number of aliphatic hydroxyl groups excluding tert-OH is 1. The number of carbonyl (C=O) groups excluding carboxylic acids is 1. The Kier molecular flexibility index (Phi) is 4.75. The predicted molar refractivity (Wildman–Crippen MR) is 54.2 cm³/mol. The number of aliphatic hydroxyl groups is 1. The molecule has 1 N–H and O–H groups in total. The molecule has 0 fully saturated rings. The number of methoxy groups -OCH3 is 1. The Morgan fingerprint density at radius 1 is 1.38 bits per heavy atom. The number of carboxylic acids is 1. The normalized spacial score (nSPS) is 12.1. The van der Waals surface area contributed by atoms with Crippen molar-refractivity contribution in [3.05, 3.63) is 29.8 Å². The molecule has 1 aromatic rings. The molecule has 0 aliphatic heterocycles. The van der Waals surface area contributed by atoms with Crippen LogP contribution in [-0.4, -0.2) is 37.5 Å². The molecule has 0 heterocycles. The van der Waals surface area contributed by atoms with Crippen LogP contribution in [0.2, 0.25) is 0 Å². The van der Waals surface area contributed by atoms with Crippen molar-refractivity contribution in [2.24, 2.45) is 0 Å². The van der Waals surface area contributed by atoms with E-state index in [1.165, 1.54) is 31.4 Å². The van der Waals surface area contributed by atoms with Gasteiger partial charge >= 0.3 is 0 Å². The zero-order valence-corrected chi connectivity index (χ0v) is 8.88. The predicted octanol–water partition coefficient (Wildman–Crippen LogP) is -0.564. The van der Waals surface area contributed by atoms with Crippen LogP contribution in [0.25, 0.3) is 0 Å². The van der Waals surface area contributed by atoms with Crippen LogP contribution in [0.15, 0.2) is 24.3 Å². The Labute approximate surface area is 93.2 Å². The van der Waals surface area contributed by atoms with Gasteiger partial charge in [0.2, 0.25) is 0 Å². The minimum Gasteiger partial charge on any atom is -0.545 e. The number of hydrogen-bond acceptors (Lipinski definition) is 5. The van der Waals surface area contributed by atoms with Crippen LogP contribution in [0, 0.1) is 0 Å². The first-order valence-electron chi connectivity index (χ1n) is 4.74. The number of hydrogen-bond donors (Lipinski definition) is 1. The van der Waals surface area contributed by atoms with E-state index in [0.717, 1.165) is 0 Å². The van der Waals surface area contributed by atoms with Gasteiger partial charge in [-0.15, -0.1) is 0 Å². The molecular weight excluding hydrogens is 212 g/mol. The van der Waals surface area contributed by atoms with Crippen molar-refractivity contribution in [2.75, 3.05) is 20.3 Å². The van der Waals surface area contributed by atoms with E-state index in [9.17, 15) is 15.0 Å². The van der Waals surface area contributed by atoms with Gasteiger partial charge in [-0.25, -0.2) is 0 Å². The summed E-state index contributed by atoms with van der Waals surface area (Å²) in [5, 5.41) is 19.8. The maximum Gasteiger partial charge on any atom is 0.119 e. The number of ether oxygens (including phenoxy) is 2. The Morgan fingerprint density at radius 3 is 2.50 bits per heavy atom. The number of benzene rings is 1. The molecule has 1 aromatic carbocycles. The Balaban J connectivity index is 2.46. The van der Waals surface area contributed by atoms with E-state index in [1.54, 1.807) is 0 Å². The molecule has 16 heavy (non-hydrogen) atoms. The van der Waals surface area contributed by atoms with E-state index in [1.807, 2.05) is 0 Å². The molecule has 0 radical (unpaired) electrons. The fourth-order valence-corrected chi connectivity index (χ4v) is 1.12. The lowest BCUT2D eigenvalue weighted by Crippen LogP contribution is -2.23. The summed E-state index contributed by atoms with van der Waals surface area (Å²) in [7, 11) is 1.48. The zero-order chi connectivity index (χ0) is 12.0. The Hall–Kier alpha value is -1.59. The van der Waals surface area contributed by atoms with Gasteiger partial charge in [0, 0.05) is 7.11 Å². The highest BCUT2D eigenvalue weighted by Gasteiger charge is 2.04. The van der Waals surface area contributed by atoms with E-state index >= 15 is 0 Å². The minimum absolute atomic E-state index is 0.0878. The van der Waals surface area contributed by atoms with Crippen molar-refractivity contribution in [1.29, 1.82) is 0 Å². The smallest absolute Gasteiger partial charge is 0.119 e. The molecule has 5 nitrogen and oxygen atoms in total. The molecule has 0 unspecified atom stereocenters. The van der Waals surface area contributed by atoms with Crippen LogP contribution in [0.3, 0.4) is 0 Å². The standard InChI is InChI=1S/C11H14O5/c1-15-6-9(12)7-16-10-4-2-8(3-5-10)11(13)14/h2-5,9,12H,6-7H2,1H3,(H,13,14)/p-1/t9-/m0/s1. The van der Waals surface area contributed by atoms with Gasteiger partial charge in [-0.05, 0) is 29.8 Å². The third-order valence-electron chi connectivity index (χ3n) is 1.89. The summed E-state index contributed by atoms with van der Waals surface area (Å²) in [6, 6.07) is 5.77. The fraction of sp³-hybridized carbons (Fsp3) is 0.364. The number of carbonyl (C=O) groups is 1. The SMILES string of the molecule is COC[C@H](O)COc1ccc(C(=O)[O-])cc1. The van der Waals surface area contributed by atoms with E-state index in [-0.39, 0.29) is 18.8 Å². The zero-order valence-electron chi connectivity index (χ0n) is 8.88. The maximum atomic E-state index is 10.5. The summed E-state index contributed by atoms with van der Waals surface area (Å²) >= 11 is 0. The van der Waals surface area contributed by atoms with Gasteiger partial charge in [0.15, 0.2) is 0 Å². The van der Waals surface area contributed by atoms with Crippen molar-refractivity contribution in [3.8, 4) is 5.75 Å². The minimum atomic E-state index is -1.23. The molecule has 0 aliphatic rings. The third kappa shape index (κ3) is 3.88. The van der Waals surface area contributed by atoms with E-state index in [2.05, 4.69) is 0 Å². The second-order valence-electron chi connectivity index (χ2n) is 3.23. The Morgan fingerprint density at radius 2 is 2.00 bits per heavy atom. The highest BCUT2D eigenvalue weighted by atomic mass is 16.5. The molecule has 0 saturated heterocycles. The lowest BCUT2D eigenvalue weighted by molar-refractivity contribution is -0.255. The maximum absolute atomic E-state index is 10.5. The molecule has 1 rings (SSSR count). The molecule has 0 spiro atoms. The molecule has 0 amide bonds. The molecule has 5 heteroatoms. The summed E-state index contributed by atoms with van der Waals surface area (Å²) in [5.41, 5.74) is 0.0878. The number of carboxylic acid groups (broad SMARTS) is 1. The largest absolute Gasteiger partial charge is 0.545 e. The van der Waals surface area contributed by atoms with Crippen LogP contribution in [0.1, 0.15) is 10.4 Å². The van der Waals surface area contributed by atoms with Gasteiger partial charge in [-0.2, -0.15) is 0 Å². The topological polar surface area (TPSA) is 78.8 Å². The third-order valence-corrected chi connectivity index (χ3v) is 1.89. The first-order chi connectivity index (χ1) is 7.63. The molecule has 1 atom stereocenters. The quantitative estimate of drug-likeness (QED) is 0.701. The molecule has 0 saturated carbocycles. The number of rotatable bonds is 6. The van der Waals surface area contributed by atoms with Gasteiger partial charge < -0.3 is 24.5 Å². The van der Waals surface area contributed by atoms with Gasteiger partial charge in [0.25, 0.3) is 0 Å². The monoisotopic (exact) mass is 225 g/mol. The van der Waals surface area contributed by atoms with Crippen LogP contribution < -0.4 is 9.84 Å². The molecule has 0 bridgehead atoms. The van der Waals surface area contributed by atoms with Crippen LogP contribution >= 0.6 is 0 Å². The second-order valence-corrected chi connectivity index (χ2v) is 3.23. The van der Waals surface area contributed by atoms with Crippen LogP contribution in [0.5, 0.6) is 5.75 Å². The van der Waals surface area contributed by atoms with Crippen molar-refractivity contribution >= 4 is 5.97 Å². The highest BCUT2D eigenvalue weighted by molar-refractivity contribution is 5.85. The first kappa shape index (κ1) is 12.5. The van der Waals surface area contributed by atoms with E-state index in [4.69, 9.17) is 9.47 Å². The molecule has 0 aromatic heterocycles. The van der Waals surface area contributed by atoms with Gasteiger partial charge in [0.05, 0.1) is 12.6 Å². The number of aromatic carboxylic acids is 1. The summed E-state index contributed by atoms with van der Waals surface area (Å²) in [5.74, 6) is -0.744. The van der Waals surface area contributed by atoms with Gasteiger partial charge in [-0.1, -0.05) is 0 Å². The summed E-state index contributed by atoms with van der Waals surface area (Å²) in [6.45, 7) is 0.287. The summed E-state index contributed by atoms with van der Waals surface area (Å²) in [6.07, 6.45) is -0.703. The summed E-state index contributed by atoms with van der Waals surface area (Å²) < 4.78 is 9.94. The fourth-order valence-electron chi connectivity index (χ4n) is 1.12. The van der Waals surface area contributed by atoms with Crippen molar-refractivity contribution in [2.45, 2.75) is 6.10 Å². The van der Waals surface area contributed by atoms with Crippen LogP contribution in [-0.2, 0) is 4.74 Å². The highest BCUT2D eigenvalue weighted by Crippen LogP contribution is 2.11. The molecule has 88 valence electrons. The van der Waals surface area contributed by atoms with Crippen molar-refractivity contribution < 1.29 is 24.5 Å². The van der Waals surface area contributed by atoms with Gasteiger partial charge in [0.1, 0.15) is 18.5 Å². The van der Waals surface area contributed by atoms with E-state index < -0.39 is 12.1 Å².